The number of aliphatic hydroxyl groups is 2. The molecule has 7 nitrogen and oxygen atoms in total. The summed E-state index contributed by atoms with van der Waals surface area (Å²) in [4.78, 5) is 11.7. The number of halogens is 1. The summed E-state index contributed by atoms with van der Waals surface area (Å²) in [7, 11) is -2.23. The molecule has 3 N–H and O–H groups in total. The number of fused-ring (bicyclic) bond motifs is 1. The van der Waals surface area contributed by atoms with Crippen LogP contribution < -0.4 is 4.72 Å². The average Bonchev–Trinajstić information content (AvgIpc) is 3.45. The van der Waals surface area contributed by atoms with Gasteiger partial charge in [0.25, 0.3) is 0 Å². The van der Waals surface area contributed by atoms with Gasteiger partial charge in [0.15, 0.2) is 0 Å². The van der Waals surface area contributed by atoms with Gasteiger partial charge in [-0.05, 0) is 81.5 Å². The van der Waals surface area contributed by atoms with Crippen molar-refractivity contribution >= 4 is 27.6 Å². The van der Waals surface area contributed by atoms with Crippen molar-refractivity contribution in [3.8, 4) is 23.7 Å². The van der Waals surface area contributed by atoms with Crippen LogP contribution >= 0.6 is 11.6 Å². The molecule has 0 aliphatic heterocycles. The van der Waals surface area contributed by atoms with E-state index in [1.54, 1.807) is 25.1 Å². The second-order valence-corrected chi connectivity index (χ2v) is 13.8. The number of ether oxygens (including phenoxy) is 1. The zero-order valence-electron chi connectivity index (χ0n) is 25.3. The van der Waals surface area contributed by atoms with Gasteiger partial charge in [0.1, 0.15) is 0 Å². The summed E-state index contributed by atoms with van der Waals surface area (Å²) in [6.07, 6.45) is 10.3. The van der Waals surface area contributed by atoms with Crippen LogP contribution in [0.25, 0.3) is 0 Å². The molecule has 0 aromatic heterocycles. The van der Waals surface area contributed by atoms with Crippen molar-refractivity contribution in [1.29, 1.82) is 0 Å². The molecule has 2 aliphatic carbocycles. The van der Waals surface area contributed by atoms with Crippen LogP contribution in [0.1, 0.15) is 71.6 Å². The quantitative estimate of drug-likeness (QED) is 0.116. The molecule has 0 heterocycles. The number of sulfonamides is 1. The van der Waals surface area contributed by atoms with Crippen LogP contribution in [0.5, 0.6) is 0 Å². The molecule has 3 rings (SSSR count). The van der Waals surface area contributed by atoms with E-state index in [4.69, 9.17) is 16.3 Å². The van der Waals surface area contributed by atoms with Gasteiger partial charge in [0, 0.05) is 42.2 Å². The van der Waals surface area contributed by atoms with Crippen molar-refractivity contribution in [1.82, 2.24) is 4.72 Å². The smallest absolute Gasteiger partial charge is 0.305 e. The lowest BCUT2D eigenvalue weighted by Gasteiger charge is -2.24. The van der Waals surface area contributed by atoms with Gasteiger partial charge in [-0.3, -0.25) is 4.79 Å². The van der Waals surface area contributed by atoms with E-state index in [0.29, 0.717) is 43.5 Å². The van der Waals surface area contributed by atoms with E-state index in [-0.39, 0.29) is 35.2 Å². The number of esters is 1. The molecule has 2 aliphatic rings. The first-order valence-corrected chi connectivity index (χ1v) is 16.8. The second-order valence-electron chi connectivity index (χ2n) is 11.6. The van der Waals surface area contributed by atoms with Crippen LogP contribution in [0.2, 0.25) is 5.02 Å². The number of carbonyl (C=O) groups is 1. The van der Waals surface area contributed by atoms with Gasteiger partial charge < -0.3 is 14.9 Å². The number of methoxy groups -OCH3 is 1. The minimum Gasteiger partial charge on any atom is -0.469 e. The van der Waals surface area contributed by atoms with Crippen molar-refractivity contribution in [3.05, 3.63) is 53.1 Å². The molecule has 1 aromatic carbocycles. The van der Waals surface area contributed by atoms with Crippen LogP contribution in [0.4, 0.5) is 0 Å². The monoisotopic (exact) mass is 629 g/mol. The largest absolute Gasteiger partial charge is 0.469 e. The summed E-state index contributed by atoms with van der Waals surface area (Å²) in [6, 6.07) is 6.03. The number of hydrogen-bond donors (Lipinski definition) is 3. The lowest BCUT2D eigenvalue weighted by Crippen LogP contribution is -2.24. The molecule has 1 unspecified atom stereocenters. The molecule has 0 bridgehead atoms. The van der Waals surface area contributed by atoms with Gasteiger partial charge in [-0.25, -0.2) is 13.1 Å². The van der Waals surface area contributed by atoms with Crippen molar-refractivity contribution in [2.45, 2.75) is 88.7 Å². The molecule has 2 fully saturated rings. The highest BCUT2D eigenvalue weighted by Gasteiger charge is 2.55. The zero-order valence-corrected chi connectivity index (χ0v) is 26.9. The lowest BCUT2D eigenvalue weighted by atomic mass is 9.78. The summed E-state index contributed by atoms with van der Waals surface area (Å²) < 4.78 is 32.4. The zero-order chi connectivity index (χ0) is 31.5. The number of benzene rings is 1. The molecular formula is C34H44ClNO6S. The minimum absolute atomic E-state index is 0.0160. The van der Waals surface area contributed by atoms with E-state index in [2.05, 4.69) is 34.5 Å². The first kappa shape index (κ1) is 34.9. The van der Waals surface area contributed by atoms with Crippen LogP contribution in [-0.4, -0.2) is 50.5 Å². The molecule has 0 radical (unpaired) electrons. The Balaban J connectivity index is 1.68. The topological polar surface area (TPSA) is 113 Å². The van der Waals surface area contributed by atoms with E-state index in [1.165, 1.54) is 24.8 Å². The highest BCUT2D eigenvalue weighted by molar-refractivity contribution is 7.89. The normalized spacial score (nSPS) is 25.4. The summed E-state index contributed by atoms with van der Waals surface area (Å²) >= 11 is 5.87. The SMILES string of the molecule is CC#CCC(C)[C@H](O)/C=C/[C@H]1[C@H](O)C[C@]2(C#CCCCNS(=O)(=O)c3ccc(Cl)cc3)C/C(=C/CCCC(=O)OC)C[C@H]12. The number of nitrogens with one attached hydrogen (secondary N) is 1. The molecule has 9 heteroatoms. The van der Waals surface area contributed by atoms with Crippen LogP contribution in [-0.2, 0) is 19.6 Å². The first-order chi connectivity index (χ1) is 20.5. The molecule has 2 saturated carbocycles. The van der Waals surface area contributed by atoms with Gasteiger partial charge in [-0.1, -0.05) is 48.2 Å². The molecule has 43 heavy (non-hydrogen) atoms. The number of allylic oxidation sites excluding steroid dienone is 2. The van der Waals surface area contributed by atoms with E-state index in [0.717, 1.165) is 19.3 Å². The molecule has 0 saturated heterocycles. The standard InChI is InChI=1S/C34H44ClNO6S/c1-4-5-11-25(2)31(37)19-18-29-30-22-26(12-7-8-13-33(39)42-3)23-34(30,24-32(29)38)20-9-6-10-21-36-43(40,41)28-16-14-27(35)15-17-28/h12,14-19,25,29-32,36-38H,6-8,10-11,13,21-24H2,1-3H3/b19-18+,26-12+/t25?,29-,30-,31-,32-,34+/m1/s1. The summed E-state index contributed by atoms with van der Waals surface area (Å²) in [5.41, 5.74) is 0.882. The maximum absolute atomic E-state index is 12.5. The Morgan fingerprint density at radius 1 is 1.26 bits per heavy atom. The molecule has 6 atom stereocenters. The lowest BCUT2D eigenvalue weighted by molar-refractivity contribution is -0.140. The molecular weight excluding hydrogens is 586 g/mol. The maximum atomic E-state index is 12.5. The predicted octanol–water partition coefficient (Wildman–Crippen LogP) is 5.42. The fourth-order valence-corrected chi connectivity index (χ4v) is 7.19. The number of rotatable bonds is 13. The summed E-state index contributed by atoms with van der Waals surface area (Å²) in [5, 5.41) is 22.2. The Bertz CT molecular complexity index is 1380. The highest BCUT2D eigenvalue weighted by Crippen LogP contribution is 2.59. The number of aliphatic hydroxyl groups excluding tert-OH is 2. The van der Waals surface area contributed by atoms with Crippen molar-refractivity contribution in [2.24, 2.45) is 23.2 Å². The van der Waals surface area contributed by atoms with Crippen molar-refractivity contribution < 1.29 is 28.2 Å². The van der Waals surface area contributed by atoms with Crippen LogP contribution in [0.15, 0.2) is 53.0 Å². The molecule has 0 spiro atoms. The van der Waals surface area contributed by atoms with E-state index in [1.807, 2.05) is 13.0 Å². The molecule has 234 valence electrons. The summed E-state index contributed by atoms with van der Waals surface area (Å²) in [5.74, 6) is 12.4. The number of carbonyl (C=O) groups excluding carboxylic acids is 1. The van der Waals surface area contributed by atoms with E-state index >= 15 is 0 Å². The first-order valence-electron chi connectivity index (χ1n) is 15.0. The van der Waals surface area contributed by atoms with Crippen LogP contribution in [0, 0.1) is 46.9 Å². The Morgan fingerprint density at radius 2 is 2.00 bits per heavy atom. The van der Waals surface area contributed by atoms with Crippen molar-refractivity contribution in [2.75, 3.05) is 13.7 Å². The molecule has 1 aromatic rings. The third-order valence-electron chi connectivity index (χ3n) is 8.41. The Labute approximate surface area is 262 Å². The van der Waals surface area contributed by atoms with Crippen LogP contribution in [0.3, 0.4) is 0 Å². The van der Waals surface area contributed by atoms with E-state index in [9.17, 15) is 23.4 Å². The summed E-state index contributed by atoms with van der Waals surface area (Å²) in [6.45, 7) is 4.00. The maximum Gasteiger partial charge on any atom is 0.305 e. The second kappa shape index (κ2) is 16.5. The third-order valence-corrected chi connectivity index (χ3v) is 10.1. The third kappa shape index (κ3) is 9.96. The van der Waals surface area contributed by atoms with Gasteiger partial charge in [0.05, 0.1) is 24.2 Å². The fraction of sp³-hybridized carbons (Fsp3) is 0.559. The van der Waals surface area contributed by atoms with Gasteiger partial charge >= 0.3 is 5.97 Å². The number of unbranched alkanes of at least 4 members (excludes halogenated alkanes) is 2. The Morgan fingerprint density at radius 3 is 2.70 bits per heavy atom. The highest BCUT2D eigenvalue weighted by atomic mass is 35.5. The van der Waals surface area contributed by atoms with Gasteiger partial charge in [0.2, 0.25) is 10.0 Å². The average molecular weight is 630 g/mol. The van der Waals surface area contributed by atoms with Gasteiger partial charge in [-0.2, -0.15) is 0 Å². The Hall–Kier alpha value is -2.59. The van der Waals surface area contributed by atoms with E-state index < -0.39 is 27.6 Å². The molecule has 0 amide bonds. The van der Waals surface area contributed by atoms with Gasteiger partial charge in [-0.15, -0.1) is 17.8 Å². The predicted molar refractivity (Wildman–Crippen MR) is 169 cm³/mol. The number of hydrogen-bond acceptors (Lipinski definition) is 6. The fourth-order valence-electron chi connectivity index (χ4n) is 5.99. The van der Waals surface area contributed by atoms with Crippen molar-refractivity contribution in [3.63, 3.8) is 0 Å². The minimum atomic E-state index is -3.62. The Kier molecular flexibility index (Phi) is 13.4.